The molecule has 3 aliphatic rings. The highest BCUT2D eigenvalue weighted by Gasteiger charge is 2.46. The molecule has 1 aliphatic heterocycles. The Morgan fingerprint density at radius 1 is 1.00 bits per heavy atom. The summed E-state index contributed by atoms with van der Waals surface area (Å²) < 4.78 is 33.2. The van der Waals surface area contributed by atoms with Crippen LogP contribution >= 0.6 is 0 Å². The molecule has 5 atom stereocenters. The minimum absolute atomic E-state index is 0.00699. The number of carbonyl (C=O) groups is 3. The molecule has 5 unspecified atom stereocenters. The molecule has 0 bridgehead atoms. The van der Waals surface area contributed by atoms with Crippen molar-refractivity contribution in [3.05, 3.63) is 54.6 Å². The van der Waals surface area contributed by atoms with Crippen molar-refractivity contribution in [2.24, 2.45) is 11.8 Å². The largest absolute Gasteiger partial charge is 0.390 e. The van der Waals surface area contributed by atoms with E-state index >= 15 is 0 Å². The first-order valence-corrected chi connectivity index (χ1v) is 20.1. The van der Waals surface area contributed by atoms with Crippen LogP contribution in [0.1, 0.15) is 83.1 Å². The lowest BCUT2D eigenvalue weighted by molar-refractivity contribution is -0.137. The topological polar surface area (TPSA) is 180 Å². The van der Waals surface area contributed by atoms with Crippen molar-refractivity contribution < 1.29 is 37.8 Å². The Kier molecular flexibility index (Phi) is 13.3. The van der Waals surface area contributed by atoms with Crippen molar-refractivity contribution >= 4 is 27.6 Å². The van der Waals surface area contributed by atoms with Crippen LogP contribution in [0.15, 0.2) is 49.1 Å². The number of nitrogens with one attached hydrogen (secondary N) is 2. The lowest BCUT2D eigenvalue weighted by atomic mass is 9.82. The second kappa shape index (κ2) is 17.5. The maximum Gasteiger partial charge on any atom is 0.244 e. The van der Waals surface area contributed by atoms with Crippen molar-refractivity contribution in [2.75, 3.05) is 32.1 Å². The Morgan fingerprint density at radius 3 is 2.31 bits per heavy atom. The van der Waals surface area contributed by atoms with E-state index in [1.165, 1.54) is 25.1 Å². The molecule has 14 heteroatoms. The molecule has 282 valence electrons. The minimum Gasteiger partial charge on any atom is -0.390 e. The number of hydrogen-bond donors (Lipinski definition) is 4. The zero-order valence-corrected chi connectivity index (χ0v) is 30.7. The van der Waals surface area contributed by atoms with E-state index < -0.39 is 68.3 Å². The van der Waals surface area contributed by atoms with Gasteiger partial charge in [-0.05, 0) is 50.5 Å². The Labute approximate surface area is 301 Å². The molecule has 3 amide bonds. The fourth-order valence-electron chi connectivity index (χ4n) is 7.33. The number of ether oxygens (including phenoxy) is 1. The van der Waals surface area contributed by atoms with Crippen LogP contribution in [0.2, 0.25) is 0 Å². The van der Waals surface area contributed by atoms with Crippen LogP contribution in [0.25, 0.3) is 0 Å². The van der Waals surface area contributed by atoms with Gasteiger partial charge in [0.15, 0.2) is 9.84 Å². The van der Waals surface area contributed by atoms with Gasteiger partial charge in [0.25, 0.3) is 0 Å². The van der Waals surface area contributed by atoms with Gasteiger partial charge < -0.3 is 35.1 Å². The molecule has 1 saturated heterocycles. The second-order valence-electron chi connectivity index (χ2n) is 15.1. The summed E-state index contributed by atoms with van der Waals surface area (Å²) in [6.45, 7) is 4.15. The highest BCUT2D eigenvalue weighted by atomic mass is 32.2. The van der Waals surface area contributed by atoms with Crippen LogP contribution < -0.4 is 10.6 Å². The molecule has 2 aromatic rings. The smallest absolute Gasteiger partial charge is 0.244 e. The SMILES string of the molecule is CC(C)(C(=O)N1CCOCC1)S(=O)(=O)CC(CC(=O)NC(Cn1ccnc1)C(=O)NC(CC1CCCCC1)C(O)C(O)C1CC1)c1ccccc1. The van der Waals surface area contributed by atoms with Gasteiger partial charge in [-0.3, -0.25) is 14.4 Å². The summed E-state index contributed by atoms with van der Waals surface area (Å²) in [5.41, 5.74) is 0.617. The van der Waals surface area contributed by atoms with E-state index in [2.05, 4.69) is 15.6 Å². The normalized spacial score (nSPS) is 20.5. The Hall–Kier alpha value is -3.33. The van der Waals surface area contributed by atoms with Gasteiger partial charge in [0, 0.05) is 37.8 Å². The first kappa shape index (κ1) is 38.9. The van der Waals surface area contributed by atoms with Gasteiger partial charge in [0.1, 0.15) is 16.9 Å². The molecular weight excluding hydrogens is 675 g/mol. The molecule has 2 aliphatic carbocycles. The zero-order chi connectivity index (χ0) is 36.6. The predicted molar refractivity (Wildman–Crippen MR) is 191 cm³/mol. The number of aliphatic hydroxyl groups is 2. The molecule has 2 saturated carbocycles. The average molecular weight is 730 g/mol. The number of amides is 3. The third-order valence-corrected chi connectivity index (χ3v) is 13.4. The molecule has 3 fully saturated rings. The molecule has 2 heterocycles. The fourth-order valence-corrected chi connectivity index (χ4v) is 8.98. The zero-order valence-electron chi connectivity index (χ0n) is 29.9. The average Bonchev–Trinajstić information content (AvgIpc) is 3.86. The van der Waals surface area contributed by atoms with E-state index in [-0.39, 0.29) is 18.9 Å². The van der Waals surface area contributed by atoms with Crippen molar-refractivity contribution in [2.45, 2.75) is 113 Å². The van der Waals surface area contributed by atoms with Crippen molar-refractivity contribution in [1.82, 2.24) is 25.1 Å². The summed E-state index contributed by atoms with van der Waals surface area (Å²) in [5, 5.41) is 28.0. The van der Waals surface area contributed by atoms with Gasteiger partial charge >= 0.3 is 0 Å². The molecule has 1 aromatic heterocycles. The van der Waals surface area contributed by atoms with Gasteiger partial charge in [-0.25, -0.2) is 13.4 Å². The van der Waals surface area contributed by atoms with Gasteiger partial charge in [0.2, 0.25) is 17.7 Å². The lowest BCUT2D eigenvalue weighted by Gasteiger charge is -2.34. The Morgan fingerprint density at radius 2 is 1.69 bits per heavy atom. The number of aromatic nitrogens is 2. The molecule has 51 heavy (non-hydrogen) atoms. The van der Waals surface area contributed by atoms with E-state index in [0.717, 1.165) is 44.9 Å². The number of nitrogens with zero attached hydrogens (tertiary/aromatic N) is 3. The monoisotopic (exact) mass is 729 g/mol. The van der Waals surface area contributed by atoms with Crippen LogP contribution in [0.4, 0.5) is 0 Å². The first-order chi connectivity index (χ1) is 24.4. The Bertz CT molecular complexity index is 1540. The highest BCUT2D eigenvalue weighted by Crippen LogP contribution is 2.36. The number of benzene rings is 1. The maximum atomic E-state index is 14.0. The molecule has 0 radical (unpaired) electrons. The summed E-state index contributed by atoms with van der Waals surface area (Å²) in [5.74, 6) is -2.51. The number of aliphatic hydroxyl groups excluding tert-OH is 2. The molecular formula is C37H55N5O8S. The molecule has 13 nitrogen and oxygen atoms in total. The number of rotatable bonds is 17. The van der Waals surface area contributed by atoms with Crippen LogP contribution in [0.5, 0.6) is 0 Å². The quantitative estimate of drug-likeness (QED) is 0.190. The van der Waals surface area contributed by atoms with Crippen LogP contribution in [-0.4, -0.2) is 112 Å². The van der Waals surface area contributed by atoms with E-state index in [4.69, 9.17) is 4.74 Å². The third-order valence-electron chi connectivity index (χ3n) is 10.8. The number of carbonyl (C=O) groups excluding carboxylic acids is 3. The standard InChI is InChI=1S/C37H55N5O8S/c1-37(2,36(47)42-17-19-50-20-18-42)51(48,49)24-29(27-11-7-4-8-12-27)22-32(43)39-31(23-41-16-15-38-25-41)35(46)40-30(21-26-9-5-3-6-10-26)34(45)33(44)28-13-14-28/h4,7-8,11-12,15-16,25-26,28-31,33-34,44-45H,3,5-6,9-10,13-14,17-24H2,1-2H3,(H,39,43)(H,40,46). The van der Waals surface area contributed by atoms with E-state index in [1.807, 2.05) is 0 Å². The molecule has 5 rings (SSSR count). The van der Waals surface area contributed by atoms with Gasteiger partial charge in [-0.2, -0.15) is 0 Å². The molecule has 4 N–H and O–H groups in total. The third kappa shape index (κ3) is 10.4. The van der Waals surface area contributed by atoms with E-state index in [9.17, 15) is 33.0 Å². The fraction of sp³-hybridized carbons (Fsp3) is 0.676. The number of hydrogen-bond acceptors (Lipinski definition) is 9. The Balaban J connectivity index is 1.33. The number of sulfone groups is 1. The summed E-state index contributed by atoms with van der Waals surface area (Å²) >= 11 is 0. The van der Waals surface area contributed by atoms with Crippen molar-refractivity contribution in [3.8, 4) is 0 Å². The number of morpholine rings is 1. The summed E-state index contributed by atoms with van der Waals surface area (Å²) in [4.78, 5) is 46.9. The lowest BCUT2D eigenvalue weighted by Crippen LogP contribution is -2.56. The second-order valence-corrected chi connectivity index (χ2v) is 17.6. The van der Waals surface area contributed by atoms with Crippen molar-refractivity contribution in [1.29, 1.82) is 0 Å². The van der Waals surface area contributed by atoms with E-state index in [0.29, 0.717) is 44.2 Å². The van der Waals surface area contributed by atoms with E-state index in [1.54, 1.807) is 47.3 Å². The van der Waals surface area contributed by atoms with Gasteiger partial charge in [0.05, 0.1) is 44.0 Å². The summed E-state index contributed by atoms with van der Waals surface area (Å²) in [7, 11) is -4.09. The summed E-state index contributed by atoms with van der Waals surface area (Å²) in [6.07, 6.45) is 9.92. The first-order valence-electron chi connectivity index (χ1n) is 18.4. The van der Waals surface area contributed by atoms with Gasteiger partial charge in [-0.15, -0.1) is 0 Å². The van der Waals surface area contributed by atoms with Crippen LogP contribution in [0.3, 0.4) is 0 Å². The summed E-state index contributed by atoms with van der Waals surface area (Å²) in [6, 6.07) is 7.04. The minimum atomic E-state index is -4.09. The van der Waals surface area contributed by atoms with Crippen LogP contribution in [0, 0.1) is 11.8 Å². The van der Waals surface area contributed by atoms with Crippen LogP contribution in [-0.2, 0) is 35.5 Å². The number of imidazole rings is 1. The maximum absolute atomic E-state index is 14.0. The molecule has 1 aromatic carbocycles. The van der Waals surface area contributed by atoms with Crippen molar-refractivity contribution in [3.63, 3.8) is 0 Å². The predicted octanol–water partition coefficient (Wildman–Crippen LogP) is 2.18. The molecule has 0 spiro atoms. The van der Waals surface area contributed by atoms with Gasteiger partial charge in [-0.1, -0.05) is 62.4 Å². The highest BCUT2D eigenvalue weighted by molar-refractivity contribution is 7.93.